The SMILES string of the molecule is COc1cc(/C=C2\SC(=O)N(Cc3ccccc3[N+](=O)[O-])C2=O)ccc1OC(=O)c1ccc(C)cc1. The molecule has 0 bridgehead atoms. The van der Waals surface area contributed by atoms with E-state index in [0.717, 1.165) is 22.2 Å². The van der Waals surface area contributed by atoms with Crippen LogP contribution in [0.1, 0.15) is 27.0 Å². The van der Waals surface area contributed by atoms with Gasteiger partial charge in [0, 0.05) is 11.6 Å². The summed E-state index contributed by atoms with van der Waals surface area (Å²) in [4.78, 5) is 49.7. The molecular formula is C26H20N2O7S. The number of nitro benzene ring substituents is 1. The Morgan fingerprint density at radius 3 is 2.47 bits per heavy atom. The number of rotatable bonds is 7. The summed E-state index contributed by atoms with van der Waals surface area (Å²) in [5.41, 5.74) is 2.03. The maximum absolute atomic E-state index is 12.9. The van der Waals surface area contributed by atoms with Crippen LogP contribution in [-0.4, -0.2) is 34.0 Å². The predicted molar refractivity (Wildman–Crippen MR) is 134 cm³/mol. The molecule has 0 unspecified atom stereocenters. The van der Waals surface area contributed by atoms with E-state index in [0.29, 0.717) is 11.1 Å². The zero-order valence-electron chi connectivity index (χ0n) is 19.3. The molecule has 0 spiro atoms. The van der Waals surface area contributed by atoms with Gasteiger partial charge >= 0.3 is 5.97 Å². The van der Waals surface area contributed by atoms with E-state index in [1.807, 2.05) is 6.92 Å². The van der Waals surface area contributed by atoms with Gasteiger partial charge in [-0.3, -0.25) is 24.6 Å². The fourth-order valence-corrected chi connectivity index (χ4v) is 4.33. The fourth-order valence-electron chi connectivity index (χ4n) is 3.49. The van der Waals surface area contributed by atoms with Crippen molar-refractivity contribution in [2.24, 2.45) is 0 Å². The molecular weight excluding hydrogens is 484 g/mol. The number of methoxy groups -OCH3 is 1. The molecule has 36 heavy (non-hydrogen) atoms. The highest BCUT2D eigenvalue weighted by Gasteiger charge is 2.36. The van der Waals surface area contributed by atoms with Gasteiger partial charge in [0.15, 0.2) is 11.5 Å². The van der Waals surface area contributed by atoms with Gasteiger partial charge in [-0.15, -0.1) is 0 Å². The highest BCUT2D eigenvalue weighted by molar-refractivity contribution is 8.18. The van der Waals surface area contributed by atoms with Crippen molar-refractivity contribution in [3.8, 4) is 11.5 Å². The second-order valence-electron chi connectivity index (χ2n) is 7.82. The molecule has 1 heterocycles. The number of imide groups is 1. The van der Waals surface area contributed by atoms with E-state index in [2.05, 4.69) is 0 Å². The Morgan fingerprint density at radius 1 is 1.06 bits per heavy atom. The smallest absolute Gasteiger partial charge is 0.343 e. The van der Waals surface area contributed by atoms with Gasteiger partial charge in [0.25, 0.3) is 16.8 Å². The normalized spacial score (nSPS) is 14.3. The number of esters is 1. The first-order valence-electron chi connectivity index (χ1n) is 10.7. The minimum Gasteiger partial charge on any atom is -0.493 e. The van der Waals surface area contributed by atoms with Crippen LogP contribution in [-0.2, 0) is 11.3 Å². The predicted octanol–water partition coefficient (Wildman–Crippen LogP) is 5.37. The summed E-state index contributed by atoms with van der Waals surface area (Å²) in [7, 11) is 1.42. The number of carbonyl (C=O) groups excluding carboxylic acids is 3. The molecule has 3 aromatic rings. The van der Waals surface area contributed by atoms with Gasteiger partial charge in [-0.2, -0.15) is 0 Å². The molecule has 0 aliphatic carbocycles. The molecule has 182 valence electrons. The molecule has 9 nitrogen and oxygen atoms in total. The van der Waals surface area contributed by atoms with Crippen molar-refractivity contribution in [1.82, 2.24) is 4.90 Å². The molecule has 10 heteroatoms. The van der Waals surface area contributed by atoms with Gasteiger partial charge in [-0.1, -0.05) is 42.0 Å². The van der Waals surface area contributed by atoms with Crippen LogP contribution in [0.25, 0.3) is 6.08 Å². The lowest BCUT2D eigenvalue weighted by Crippen LogP contribution is -2.27. The molecule has 2 amide bonds. The number of carbonyl (C=O) groups is 3. The number of para-hydroxylation sites is 1. The number of amides is 2. The third-order valence-corrected chi connectivity index (χ3v) is 6.27. The molecule has 0 saturated carbocycles. The largest absolute Gasteiger partial charge is 0.493 e. The van der Waals surface area contributed by atoms with Crippen LogP contribution >= 0.6 is 11.8 Å². The van der Waals surface area contributed by atoms with E-state index in [4.69, 9.17) is 9.47 Å². The van der Waals surface area contributed by atoms with Crippen LogP contribution in [0.5, 0.6) is 11.5 Å². The second-order valence-corrected chi connectivity index (χ2v) is 8.81. The fraction of sp³-hybridized carbons (Fsp3) is 0.115. The van der Waals surface area contributed by atoms with Gasteiger partial charge in [-0.25, -0.2) is 4.79 Å². The van der Waals surface area contributed by atoms with Crippen molar-refractivity contribution < 1.29 is 28.8 Å². The van der Waals surface area contributed by atoms with Gasteiger partial charge < -0.3 is 9.47 Å². The quantitative estimate of drug-likeness (QED) is 0.139. The first-order valence-corrected chi connectivity index (χ1v) is 11.5. The van der Waals surface area contributed by atoms with Crippen molar-refractivity contribution >= 4 is 40.6 Å². The number of aryl methyl sites for hydroxylation is 1. The zero-order chi connectivity index (χ0) is 25.8. The number of hydrogen-bond acceptors (Lipinski definition) is 8. The van der Waals surface area contributed by atoms with Crippen LogP contribution in [0.4, 0.5) is 10.5 Å². The van der Waals surface area contributed by atoms with Crippen molar-refractivity contribution in [3.05, 3.63) is 104 Å². The lowest BCUT2D eigenvalue weighted by molar-refractivity contribution is -0.385. The Labute approximate surface area is 210 Å². The average Bonchev–Trinajstić information content (AvgIpc) is 3.12. The number of hydrogen-bond donors (Lipinski definition) is 0. The Kier molecular flexibility index (Phi) is 7.16. The Morgan fingerprint density at radius 2 is 1.78 bits per heavy atom. The van der Waals surface area contributed by atoms with Gasteiger partial charge in [0.2, 0.25) is 0 Å². The topological polar surface area (TPSA) is 116 Å². The number of nitro groups is 1. The zero-order valence-corrected chi connectivity index (χ0v) is 20.1. The Bertz CT molecular complexity index is 1400. The second kappa shape index (κ2) is 10.4. The van der Waals surface area contributed by atoms with Crippen molar-refractivity contribution in [2.75, 3.05) is 7.11 Å². The van der Waals surface area contributed by atoms with Crippen molar-refractivity contribution in [3.63, 3.8) is 0 Å². The van der Waals surface area contributed by atoms with E-state index >= 15 is 0 Å². The number of nitrogens with zero attached hydrogens (tertiary/aromatic N) is 2. The first kappa shape index (κ1) is 24.7. The van der Waals surface area contributed by atoms with E-state index in [9.17, 15) is 24.5 Å². The van der Waals surface area contributed by atoms with E-state index < -0.39 is 22.0 Å². The van der Waals surface area contributed by atoms with Gasteiger partial charge in [0.05, 0.1) is 29.0 Å². The third kappa shape index (κ3) is 5.28. The van der Waals surface area contributed by atoms with Crippen LogP contribution in [0.15, 0.2) is 71.6 Å². The highest BCUT2D eigenvalue weighted by Crippen LogP contribution is 2.36. The lowest BCUT2D eigenvalue weighted by Gasteiger charge is -2.12. The van der Waals surface area contributed by atoms with Gasteiger partial charge in [-0.05, 0) is 54.6 Å². The maximum atomic E-state index is 12.9. The molecule has 1 saturated heterocycles. The molecule has 0 aromatic heterocycles. The number of thioether (sulfide) groups is 1. The standard InChI is InChI=1S/C26H20N2O7S/c1-16-7-10-18(11-8-16)25(30)35-21-12-9-17(13-22(21)34-2)14-23-24(29)27(26(31)36-23)15-19-5-3-4-6-20(19)28(32)33/h3-14H,15H2,1-2H3/b23-14-. The number of ether oxygens (including phenoxy) is 2. The summed E-state index contributed by atoms with van der Waals surface area (Å²) in [5, 5.41) is 10.7. The minimum atomic E-state index is -0.558. The van der Waals surface area contributed by atoms with E-state index in [-0.39, 0.29) is 34.2 Å². The summed E-state index contributed by atoms with van der Waals surface area (Å²) >= 11 is 0.739. The van der Waals surface area contributed by atoms with Crippen LogP contribution in [0, 0.1) is 17.0 Å². The molecule has 0 N–H and O–H groups in total. The summed E-state index contributed by atoms with van der Waals surface area (Å²) < 4.78 is 10.8. The average molecular weight is 505 g/mol. The molecule has 1 aliphatic heterocycles. The van der Waals surface area contributed by atoms with Crippen LogP contribution < -0.4 is 9.47 Å². The maximum Gasteiger partial charge on any atom is 0.343 e. The summed E-state index contributed by atoms with van der Waals surface area (Å²) in [5.74, 6) is -0.637. The van der Waals surface area contributed by atoms with Gasteiger partial charge in [0.1, 0.15) is 0 Å². The molecule has 1 aliphatic rings. The minimum absolute atomic E-state index is 0.157. The number of benzene rings is 3. The highest BCUT2D eigenvalue weighted by atomic mass is 32.2. The lowest BCUT2D eigenvalue weighted by atomic mass is 10.1. The first-order chi connectivity index (χ1) is 17.3. The molecule has 1 fully saturated rings. The van der Waals surface area contributed by atoms with E-state index in [1.165, 1.54) is 37.5 Å². The Hall–Kier alpha value is -4.44. The third-order valence-electron chi connectivity index (χ3n) is 5.37. The molecule has 4 rings (SSSR count). The molecule has 0 atom stereocenters. The summed E-state index contributed by atoms with van der Waals surface area (Å²) in [6.45, 7) is 1.70. The Balaban J connectivity index is 1.53. The summed E-state index contributed by atoms with van der Waals surface area (Å²) in [6.07, 6.45) is 1.51. The molecule has 3 aromatic carbocycles. The van der Waals surface area contributed by atoms with E-state index in [1.54, 1.807) is 42.5 Å². The van der Waals surface area contributed by atoms with Crippen LogP contribution in [0.3, 0.4) is 0 Å². The van der Waals surface area contributed by atoms with Crippen molar-refractivity contribution in [2.45, 2.75) is 13.5 Å². The summed E-state index contributed by atoms with van der Waals surface area (Å²) in [6, 6.07) is 17.6. The monoisotopic (exact) mass is 504 g/mol. The van der Waals surface area contributed by atoms with Crippen molar-refractivity contribution in [1.29, 1.82) is 0 Å². The van der Waals surface area contributed by atoms with Crippen LogP contribution in [0.2, 0.25) is 0 Å². The molecule has 0 radical (unpaired) electrons.